The van der Waals surface area contributed by atoms with Crippen LogP contribution in [-0.4, -0.2) is 6.03 Å². The molecule has 2 amide bonds. The number of hydrogen-bond donors (Lipinski definition) is 2. The lowest BCUT2D eigenvalue weighted by molar-refractivity contribution is 0.233. The molecule has 0 bridgehead atoms. The fraction of sp³-hybridized carbons (Fsp3) is 0.211. The van der Waals surface area contributed by atoms with Crippen molar-refractivity contribution in [1.29, 1.82) is 0 Å². The molecule has 0 radical (unpaired) electrons. The van der Waals surface area contributed by atoms with Gasteiger partial charge in [-0.2, -0.15) is 0 Å². The van der Waals surface area contributed by atoms with Crippen molar-refractivity contribution in [2.24, 2.45) is 0 Å². The molecule has 130 valence electrons. The van der Waals surface area contributed by atoms with Crippen LogP contribution in [-0.2, 0) is 0 Å². The molecule has 2 atom stereocenters. The molecule has 0 unspecified atom stereocenters. The molecular weight excluding hydrogens is 326 g/mol. The summed E-state index contributed by atoms with van der Waals surface area (Å²) in [6, 6.07) is 11.3. The third kappa shape index (κ3) is 3.79. The molecule has 0 aliphatic rings. The van der Waals surface area contributed by atoms with Crippen LogP contribution in [0, 0.1) is 11.6 Å². The highest BCUT2D eigenvalue weighted by molar-refractivity contribution is 5.78. The van der Waals surface area contributed by atoms with E-state index >= 15 is 0 Å². The van der Waals surface area contributed by atoms with Crippen LogP contribution in [0.2, 0.25) is 0 Å². The summed E-state index contributed by atoms with van der Waals surface area (Å²) in [6.07, 6.45) is 0. The molecule has 0 fully saturated rings. The highest BCUT2D eigenvalue weighted by atomic mass is 19.1. The van der Waals surface area contributed by atoms with Gasteiger partial charge in [-0.25, -0.2) is 13.6 Å². The van der Waals surface area contributed by atoms with Crippen molar-refractivity contribution in [1.82, 2.24) is 10.6 Å². The summed E-state index contributed by atoms with van der Waals surface area (Å²) < 4.78 is 32.4. The predicted molar refractivity (Wildman–Crippen MR) is 91.1 cm³/mol. The zero-order chi connectivity index (χ0) is 18.0. The first-order valence-electron chi connectivity index (χ1n) is 7.94. The second-order valence-electron chi connectivity index (χ2n) is 5.91. The molecule has 1 heterocycles. The Balaban J connectivity index is 1.65. The Morgan fingerprint density at radius 2 is 1.72 bits per heavy atom. The summed E-state index contributed by atoms with van der Waals surface area (Å²) in [6.45, 7) is 3.42. The van der Waals surface area contributed by atoms with E-state index in [0.717, 1.165) is 23.1 Å². The normalized spacial score (nSPS) is 13.4. The quantitative estimate of drug-likeness (QED) is 0.712. The molecule has 0 aliphatic heterocycles. The van der Waals surface area contributed by atoms with Gasteiger partial charge in [0.15, 0.2) is 0 Å². The Morgan fingerprint density at radius 3 is 2.44 bits per heavy atom. The van der Waals surface area contributed by atoms with E-state index in [-0.39, 0.29) is 11.6 Å². The minimum absolute atomic E-state index is 0.216. The smallest absolute Gasteiger partial charge is 0.315 e. The van der Waals surface area contributed by atoms with Gasteiger partial charge in [-0.05, 0) is 32.0 Å². The minimum atomic E-state index is -0.696. The van der Waals surface area contributed by atoms with Crippen LogP contribution in [0.1, 0.15) is 37.3 Å². The van der Waals surface area contributed by atoms with E-state index in [2.05, 4.69) is 10.6 Å². The minimum Gasteiger partial charge on any atom is -0.459 e. The lowest BCUT2D eigenvalue weighted by Crippen LogP contribution is -2.38. The summed E-state index contributed by atoms with van der Waals surface area (Å²) in [5, 5.41) is 6.34. The average molecular weight is 344 g/mol. The Hall–Kier alpha value is -2.89. The molecule has 3 rings (SSSR count). The number of carbonyl (C=O) groups is 1. The van der Waals surface area contributed by atoms with Gasteiger partial charge in [0.05, 0.1) is 12.1 Å². The van der Waals surface area contributed by atoms with E-state index in [0.29, 0.717) is 5.76 Å². The van der Waals surface area contributed by atoms with E-state index in [9.17, 15) is 13.6 Å². The van der Waals surface area contributed by atoms with E-state index in [1.54, 1.807) is 13.8 Å². The number of amides is 2. The number of nitrogens with one attached hydrogen (secondary N) is 2. The van der Waals surface area contributed by atoms with Gasteiger partial charge in [-0.3, -0.25) is 0 Å². The zero-order valence-corrected chi connectivity index (χ0v) is 13.8. The van der Waals surface area contributed by atoms with Gasteiger partial charge in [0.1, 0.15) is 23.0 Å². The lowest BCUT2D eigenvalue weighted by atomic mass is 10.1. The van der Waals surface area contributed by atoms with Crippen molar-refractivity contribution in [3.05, 3.63) is 71.5 Å². The van der Waals surface area contributed by atoms with Crippen LogP contribution in [0.3, 0.4) is 0 Å². The number of rotatable bonds is 4. The molecule has 2 aromatic carbocycles. The first-order valence-corrected chi connectivity index (χ1v) is 7.94. The zero-order valence-electron chi connectivity index (χ0n) is 13.8. The number of carbonyl (C=O) groups excluding carboxylic acids is 1. The van der Waals surface area contributed by atoms with Gasteiger partial charge in [0, 0.05) is 17.0 Å². The molecule has 0 saturated carbocycles. The molecule has 3 aromatic rings. The van der Waals surface area contributed by atoms with Crippen molar-refractivity contribution in [2.75, 3.05) is 0 Å². The van der Waals surface area contributed by atoms with Crippen molar-refractivity contribution in [2.45, 2.75) is 25.9 Å². The predicted octanol–water partition coefficient (Wildman–Crippen LogP) is 4.83. The van der Waals surface area contributed by atoms with Gasteiger partial charge < -0.3 is 15.1 Å². The van der Waals surface area contributed by atoms with Gasteiger partial charge in [0.25, 0.3) is 0 Å². The van der Waals surface area contributed by atoms with Crippen molar-refractivity contribution in [3.8, 4) is 0 Å². The molecule has 0 saturated heterocycles. The van der Waals surface area contributed by atoms with E-state index in [4.69, 9.17) is 4.42 Å². The van der Waals surface area contributed by atoms with Crippen LogP contribution >= 0.6 is 0 Å². The fourth-order valence-corrected chi connectivity index (χ4v) is 2.65. The standard InChI is InChI=1S/C19H18F2N2O2/c1-11(15-8-7-14(20)10-16(15)21)22-19(24)23-12(2)18-9-13-5-3-4-6-17(13)25-18/h3-12H,1-2H3,(H2,22,23,24)/t11-,12-/m0/s1. The maximum absolute atomic E-state index is 13.8. The number of para-hydroxylation sites is 1. The summed E-state index contributed by atoms with van der Waals surface area (Å²) in [5.74, 6) is -0.730. The van der Waals surface area contributed by atoms with E-state index in [1.807, 2.05) is 30.3 Å². The average Bonchev–Trinajstić information content (AvgIpc) is 2.98. The topological polar surface area (TPSA) is 54.3 Å². The summed E-state index contributed by atoms with van der Waals surface area (Å²) in [7, 11) is 0. The molecule has 0 aliphatic carbocycles. The SMILES string of the molecule is C[C@H](NC(=O)N[C@@H](C)c1ccc(F)cc1F)c1cc2ccccc2o1. The number of benzene rings is 2. The Labute approximate surface area is 143 Å². The van der Waals surface area contributed by atoms with Crippen LogP contribution < -0.4 is 10.6 Å². The molecule has 0 spiro atoms. The molecule has 1 aromatic heterocycles. The second-order valence-corrected chi connectivity index (χ2v) is 5.91. The fourth-order valence-electron chi connectivity index (χ4n) is 2.65. The van der Waals surface area contributed by atoms with Crippen molar-refractivity contribution < 1.29 is 18.0 Å². The summed E-state index contributed by atoms with van der Waals surface area (Å²) in [5.41, 5.74) is 0.959. The monoisotopic (exact) mass is 344 g/mol. The Bertz CT molecular complexity index is 874. The Morgan fingerprint density at radius 1 is 1.00 bits per heavy atom. The highest BCUT2D eigenvalue weighted by Crippen LogP contribution is 2.23. The largest absolute Gasteiger partial charge is 0.459 e. The molecule has 25 heavy (non-hydrogen) atoms. The maximum atomic E-state index is 13.8. The third-order valence-corrected chi connectivity index (χ3v) is 4.00. The molecule has 6 heteroatoms. The molecule has 4 nitrogen and oxygen atoms in total. The summed E-state index contributed by atoms with van der Waals surface area (Å²) >= 11 is 0. The number of fused-ring (bicyclic) bond motifs is 1. The van der Waals surface area contributed by atoms with Crippen LogP contribution in [0.5, 0.6) is 0 Å². The molecular formula is C19H18F2N2O2. The van der Waals surface area contributed by atoms with Gasteiger partial charge in [-0.1, -0.05) is 24.3 Å². The van der Waals surface area contributed by atoms with E-state index in [1.165, 1.54) is 6.07 Å². The lowest BCUT2D eigenvalue weighted by Gasteiger charge is -2.18. The Kier molecular flexibility index (Phi) is 4.70. The van der Waals surface area contributed by atoms with Crippen LogP contribution in [0.25, 0.3) is 11.0 Å². The third-order valence-electron chi connectivity index (χ3n) is 4.00. The first kappa shape index (κ1) is 17.0. The second kappa shape index (κ2) is 6.93. The van der Waals surface area contributed by atoms with Crippen LogP contribution in [0.4, 0.5) is 13.6 Å². The highest BCUT2D eigenvalue weighted by Gasteiger charge is 2.17. The van der Waals surface area contributed by atoms with Gasteiger partial charge in [0.2, 0.25) is 0 Å². The number of halogens is 2. The maximum Gasteiger partial charge on any atom is 0.315 e. The number of hydrogen-bond acceptors (Lipinski definition) is 2. The summed E-state index contributed by atoms with van der Waals surface area (Å²) in [4.78, 5) is 12.1. The first-order chi connectivity index (χ1) is 11.9. The van der Waals surface area contributed by atoms with Gasteiger partial charge >= 0.3 is 6.03 Å². The van der Waals surface area contributed by atoms with Gasteiger partial charge in [-0.15, -0.1) is 0 Å². The molecule has 2 N–H and O–H groups in total. The van der Waals surface area contributed by atoms with E-state index < -0.39 is 23.7 Å². The van der Waals surface area contributed by atoms with Crippen LogP contribution in [0.15, 0.2) is 52.9 Å². The number of urea groups is 1. The van der Waals surface area contributed by atoms with Crippen molar-refractivity contribution in [3.63, 3.8) is 0 Å². The van der Waals surface area contributed by atoms with Crippen molar-refractivity contribution >= 4 is 17.0 Å². The number of furan rings is 1.